The summed E-state index contributed by atoms with van der Waals surface area (Å²) >= 11 is 1.39. The number of hydrogen-bond donors (Lipinski definition) is 1. The second-order valence-corrected chi connectivity index (χ2v) is 9.87. The Morgan fingerprint density at radius 3 is 2.14 bits per heavy atom. The van der Waals surface area contributed by atoms with E-state index in [1.807, 2.05) is 24.3 Å². The molecular formula is C21H20O5S2. The number of hydrogen-bond acceptors (Lipinski definition) is 5. The Morgan fingerprint density at radius 1 is 0.964 bits per heavy atom. The third kappa shape index (κ3) is 4.55. The summed E-state index contributed by atoms with van der Waals surface area (Å²) in [7, 11) is -4.48. The second-order valence-electron chi connectivity index (χ2n) is 7.33. The van der Waals surface area contributed by atoms with E-state index in [4.69, 9.17) is 4.42 Å². The SMILES string of the molecule is CC(C)(C)c1ccc(Sc2ccc(-c3ccc(C=O)o3)c(S(=O)(=O)O)c2)cc1. The van der Waals surface area contributed by atoms with Gasteiger partial charge in [0.05, 0.1) is 0 Å². The zero-order chi connectivity index (χ0) is 20.5. The number of rotatable bonds is 5. The molecule has 0 radical (unpaired) electrons. The quantitative estimate of drug-likeness (QED) is 0.439. The van der Waals surface area contributed by atoms with Crippen molar-refractivity contribution < 1.29 is 22.2 Å². The van der Waals surface area contributed by atoms with Gasteiger partial charge < -0.3 is 4.42 Å². The zero-order valence-corrected chi connectivity index (χ0v) is 17.3. The first-order valence-electron chi connectivity index (χ1n) is 8.53. The summed E-state index contributed by atoms with van der Waals surface area (Å²) < 4.78 is 38.8. The first kappa shape index (κ1) is 20.4. The Morgan fingerprint density at radius 2 is 1.61 bits per heavy atom. The van der Waals surface area contributed by atoms with E-state index < -0.39 is 10.1 Å². The standard InChI is InChI=1S/C21H20O5S2/c1-21(2,3)14-4-7-16(8-5-14)27-17-9-10-18(20(12-17)28(23,24)25)19-11-6-15(13-22)26-19/h4-13H,1-3H3,(H,23,24,25). The molecule has 0 fully saturated rings. The molecule has 1 heterocycles. The van der Waals surface area contributed by atoms with E-state index in [9.17, 15) is 17.8 Å². The maximum Gasteiger partial charge on any atom is 0.295 e. The lowest BCUT2D eigenvalue weighted by Crippen LogP contribution is -2.10. The molecule has 0 amide bonds. The van der Waals surface area contributed by atoms with Gasteiger partial charge in [0.1, 0.15) is 10.7 Å². The van der Waals surface area contributed by atoms with Gasteiger partial charge in [-0.05, 0) is 53.4 Å². The van der Waals surface area contributed by atoms with E-state index >= 15 is 0 Å². The summed E-state index contributed by atoms with van der Waals surface area (Å²) in [4.78, 5) is 12.1. The number of furan rings is 1. The summed E-state index contributed by atoms with van der Waals surface area (Å²) in [5.74, 6) is 0.273. The Bertz CT molecular complexity index is 1100. The summed E-state index contributed by atoms with van der Waals surface area (Å²) in [5, 5.41) is 0. The van der Waals surface area contributed by atoms with Gasteiger partial charge in [-0.25, -0.2) is 0 Å². The third-order valence-corrected chi connectivity index (χ3v) is 6.09. The highest BCUT2D eigenvalue weighted by Gasteiger charge is 2.20. The zero-order valence-electron chi connectivity index (χ0n) is 15.7. The molecule has 2 aromatic carbocycles. The first-order valence-corrected chi connectivity index (χ1v) is 10.8. The van der Waals surface area contributed by atoms with E-state index in [2.05, 4.69) is 20.8 Å². The predicted octanol–water partition coefficient (Wildman–Crippen LogP) is 5.45. The molecule has 3 rings (SSSR count). The van der Waals surface area contributed by atoms with Gasteiger partial charge in [-0.1, -0.05) is 44.7 Å². The lowest BCUT2D eigenvalue weighted by molar-refractivity contribution is 0.110. The van der Waals surface area contributed by atoms with Crippen LogP contribution in [-0.2, 0) is 15.5 Å². The third-order valence-electron chi connectivity index (χ3n) is 4.20. The average Bonchev–Trinajstić information content (AvgIpc) is 3.10. The second kappa shape index (κ2) is 7.58. The molecule has 0 atom stereocenters. The van der Waals surface area contributed by atoms with Crippen molar-refractivity contribution in [3.05, 3.63) is 65.9 Å². The van der Waals surface area contributed by atoms with Gasteiger partial charge in [-0.2, -0.15) is 8.42 Å². The van der Waals surface area contributed by atoms with Crippen molar-refractivity contribution >= 4 is 28.2 Å². The molecule has 0 unspecified atom stereocenters. The van der Waals surface area contributed by atoms with Gasteiger partial charge in [0, 0.05) is 15.4 Å². The maximum atomic E-state index is 11.9. The Balaban J connectivity index is 1.96. The molecular weight excluding hydrogens is 396 g/mol. The number of carbonyl (C=O) groups excluding carboxylic acids is 1. The molecule has 1 aromatic heterocycles. The summed E-state index contributed by atoms with van der Waals surface area (Å²) in [5.41, 5.74) is 1.45. The topological polar surface area (TPSA) is 84.6 Å². The van der Waals surface area contributed by atoms with E-state index in [0.29, 0.717) is 11.2 Å². The Hall–Kier alpha value is -2.35. The van der Waals surface area contributed by atoms with Crippen molar-refractivity contribution in [2.24, 2.45) is 0 Å². The van der Waals surface area contributed by atoms with Crippen molar-refractivity contribution in [3.63, 3.8) is 0 Å². The van der Waals surface area contributed by atoms with Crippen LogP contribution in [0.3, 0.4) is 0 Å². The van der Waals surface area contributed by atoms with Crippen LogP contribution in [0.25, 0.3) is 11.3 Å². The van der Waals surface area contributed by atoms with Crippen LogP contribution in [0.5, 0.6) is 0 Å². The van der Waals surface area contributed by atoms with Gasteiger partial charge in [-0.15, -0.1) is 0 Å². The van der Waals surface area contributed by atoms with Crippen LogP contribution < -0.4 is 0 Å². The average molecular weight is 417 g/mol. The number of carbonyl (C=O) groups is 1. The van der Waals surface area contributed by atoms with E-state index in [0.717, 1.165) is 4.90 Å². The normalized spacial score (nSPS) is 12.1. The molecule has 3 aromatic rings. The summed E-state index contributed by atoms with van der Waals surface area (Å²) in [6.07, 6.45) is 0.530. The van der Waals surface area contributed by atoms with Crippen LogP contribution in [0.4, 0.5) is 0 Å². The highest BCUT2D eigenvalue weighted by molar-refractivity contribution is 7.99. The van der Waals surface area contributed by atoms with Crippen molar-refractivity contribution in [1.29, 1.82) is 0 Å². The van der Waals surface area contributed by atoms with Crippen LogP contribution in [0.15, 0.2) is 73.7 Å². The summed E-state index contributed by atoms with van der Waals surface area (Å²) in [6.45, 7) is 6.41. The van der Waals surface area contributed by atoms with Crippen LogP contribution in [0, 0.1) is 0 Å². The van der Waals surface area contributed by atoms with Crippen molar-refractivity contribution in [2.75, 3.05) is 0 Å². The van der Waals surface area contributed by atoms with Gasteiger partial charge >= 0.3 is 0 Å². The minimum atomic E-state index is -4.48. The molecule has 0 spiro atoms. The highest BCUT2D eigenvalue weighted by atomic mass is 32.2. The number of benzene rings is 2. The largest absolute Gasteiger partial charge is 0.453 e. The van der Waals surface area contributed by atoms with Crippen molar-refractivity contribution in [3.8, 4) is 11.3 Å². The van der Waals surface area contributed by atoms with E-state index in [1.165, 1.54) is 35.5 Å². The van der Waals surface area contributed by atoms with Crippen LogP contribution >= 0.6 is 11.8 Å². The molecule has 0 aliphatic rings. The summed E-state index contributed by atoms with van der Waals surface area (Å²) in [6, 6.07) is 15.7. The van der Waals surface area contributed by atoms with Crippen LogP contribution in [0.1, 0.15) is 36.9 Å². The molecule has 0 aliphatic heterocycles. The monoisotopic (exact) mass is 416 g/mol. The molecule has 28 heavy (non-hydrogen) atoms. The predicted molar refractivity (Wildman–Crippen MR) is 109 cm³/mol. The minimum absolute atomic E-state index is 0.0480. The minimum Gasteiger partial charge on any atom is -0.453 e. The molecule has 5 nitrogen and oxygen atoms in total. The lowest BCUT2D eigenvalue weighted by Gasteiger charge is -2.19. The Labute approximate surface area is 168 Å². The van der Waals surface area contributed by atoms with Gasteiger partial charge in [0.2, 0.25) is 0 Å². The molecule has 0 saturated carbocycles. The fourth-order valence-corrected chi connectivity index (χ4v) is 4.36. The van der Waals surface area contributed by atoms with Gasteiger partial charge in [0.15, 0.2) is 12.0 Å². The van der Waals surface area contributed by atoms with Gasteiger partial charge in [0.25, 0.3) is 10.1 Å². The molecule has 0 saturated heterocycles. The van der Waals surface area contributed by atoms with Crippen molar-refractivity contribution in [1.82, 2.24) is 0 Å². The Kier molecular flexibility index (Phi) is 5.52. The first-order chi connectivity index (χ1) is 13.1. The van der Waals surface area contributed by atoms with Crippen LogP contribution in [0.2, 0.25) is 0 Å². The number of aldehydes is 1. The van der Waals surface area contributed by atoms with E-state index in [1.54, 1.807) is 12.1 Å². The smallest absolute Gasteiger partial charge is 0.295 e. The fourth-order valence-electron chi connectivity index (χ4n) is 2.70. The molecule has 0 aliphatic carbocycles. The van der Waals surface area contributed by atoms with E-state index in [-0.39, 0.29) is 27.4 Å². The fraction of sp³-hybridized carbons (Fsp3) is 0.190. The molecule has 1 N–H and O–H groups in total. The van der Waals surface area contributed by atoms with Crippen LogP contribution in [-0.4, -0.2) is 19.3 Å². The molecule has 146 valence electrons. The highest BCUT2D eigenvalue weighted by Crippen LogP contribution is 2.35. The molecule has 7 heteroatoms. The maximum absolute atomic E-state index is 11.9. The van der Waals surface area contributed by atoms with Gasteiger partial charge in [-0.3, -0.25) is 9.35 Å². The molecule has 0 bridgehead atoms. The van der Waals surface area contributed by atoms with Crippen molar-refractivity contribution in [2.45, 2.75) is 40.9 Å². The lowest BCUT2D eigenvalue weighted by atomic mass is 9.87.